The highest BCUT2D eigenvalue weighted by molar-refractivity contribution is 7.89. The molecule has 0 spiro atoms. The summed E-state index contributed by atoms with van der Waals surface area (Å²) in [5, 5.41) is -0.599. The van der Waals surface area contributed by atoms with Gasteiger partial charge in [-0.25, -0.2) is 22.5 Å². The number of pyridine rings is 1. The zero-order valence-electron chi connectivity index (χ0n) is 8.97. The van der Waals surface area contributed by atoms with Crippen LogP contribution in [0, 0.1) is 5.82 Å². The lowest BCUT2D eigenvalue weighted by Gasteiger charge is -2.12. The Hall–Kier alpha value is -1.05. The average molecular weight is 248 g/mol. The van der Waals surface area contributed by atoms with Gasteiger partial charge in [-0.05, 0) is 19.1 Å². The first-order valence-corrected chi connectivity index (χ1v) is 6.07. The Morgan fingerprint density at radius 1 is 1.62 bits per heavy atom. The highest BCUT2D eigenvalue weighted by atomic mass is 32.2. The van der Waals surface area contributed by atoms with E-state index in [1.807, 2.05) is 0 Å². The molecule has 90 valence electrons. The molecule has 1 rings (SSSR count). The summed E-state index contributed by atoms with van der Waals surface area (Å²) in [6.45, 7) is 1.82. The van der Waals surface area contributed by atoms with E-state index in [1.165, 1.54) is 19.4 Å². The molecule has 1 unspecified atom stereocenters. The molecule has 0 aromatic carbocycles. The van der Waals surface area contributed by atoms with Gasteiger partial charge in [-0.3, -0.25) is 0 Å². The van der Waals surface area contributed by atoms with E-state index in [4.69, 9.17) is 4.74 Å². The van der Waals surface area contributed by atoms with Crippen molar-refractivity contribution in [3.05, 3.63) is 24.1 Å². The Morgan fingerprint density at radius 3 is 2.88 bits per heavy atom. The largest absolute Gasteiger partial charge is 0.383 e. The maximum Gasteiger partial charge on any atom is 0.261 e. The van der Waals surface area contributed by atoms with E-state index in [2.05, 4.69) is 9.71 Å². The minimum atomic E-state index is -3.93. The molecule has 1 N–H and O–H groups in total. The summed E-state index contributed by atoms with van der Waals surface area (Å²) in [6, 6.07) is 1.92. The fourth-order valence-corrected chi connectivity index (χ4v) is 2.41. The number of halogens is 1. The lowest BCUT2D eigenvalue weighted by Crippen LogP contribution is -2.36. The van der Waals surface area contributed by atoms with E-state index in [0.29, 0.717) is 0 Å². The lowest BCUT2D eigenvalue weighted by atomic mass is 10.4. The first kappa shape index (κ1) is 13.0. The van der Waals surface area contributed by atoms with Gasteiger partial charge in [-0.2, -0.15) is 0 Å². The van der Waals surface area contributed by atoms with Crippen LogP contribution in [0.2, 0.25) is 0 Å². The second kappa shape index (κ2) is 5.33. The van der Waals surface area contributed by atoms with Gasteiger partial charge in [-0.15, -0.1) is 0 Å². The quantitative estimate of drug-likeness (QED) is 0.825. The SMILES string of the molecule is COCC(C)NS(=O)(=O)c1ncccc1F. The Balaban J connectivity index is 2.91. The molecule has 0 aliphatic carbocycles. The third-order valence-electron chi connectivity index (χ3n) is 1.75. The van der Waals surface area contributed by atoms with Gasteiger partial charge in [0.25, 0.3) is 10.0 Å². The summed E-state index contributed by atoms with van der Waals surface area (Å²) >= 11 is 0. The van der Waals surface area contributed by atoms with Gasteiger partial charge in [0.05, 0.1) is 6.61 Å². The molecule has 0 aliphatic heterocycles. The number of aromatic nitrogens is 1. The van der Waals surface area contributed by atoms with Crippen LogP contribution in [0.5, 0.6) is 0 Å². The Kier molecular flexibility index (Phi) is 4.34. The van der Waals surface area contributed by atoms with Crippen LogP contribution in [0.3, 0.4) is 0 Å². The van der Waals surface area contributed by atoms with Crippen LogP contribution < -0.4 is 4.72 Å². The van der Waals surface area contributed by atoms with Crippen LogP contribution in [0.25, 0.3) is 0 Å². The Labute approximate surface area is 93.7 Å². The Bertz CT molecular complexity index is 450. The second-order valence-electron chi connectivity index (χ2n) is 3.27. The number of hydrogen-bond acceptors (Lipinski definition) is 4. The third kappa shape index (κ3) is 3.22. The summed E-state index contributed by atoms with van der Waals surface area (Å²) in [5.41, 5.74) is 0. The van der Waals surface area contributed by atoms with Gasteiger partial charge in [0.1, 0.15) is 0 Å². The van der Waals surface area contributed by atoms with Crippen molar-refractivity contribution in [2.45, 2.75) is 18.0 Å². The van der Waals surface area contributed by atoms with Crippen LogP contribution in [0.1, 0.15) is 6.92 Å². The molecule has 0 amide bonds. The molecule has 16 heavy (non-hydrogen) atoms. The van der Waals surface area contributed by atoms with E-state index in [9.17, 15) is 12.8 Å². The van der Waals surface area contributed by atoms with E-state index in [1.54, 1.807) is 6.92 Å². The molecule has 0 fully saturated rings. The highest BCUT2D eigenvalue weighted by Gasteiger charge is 2.22. The highest BCUT2D eigenvalue weighted by Crippen LogP contribution is 2.10. The fourth-order valence-electron chi connectivity index (χ4n) is 1.17. The summed E-state index contributed by atoms with van der Waals surface area (Å²) < 4.78 is 43.6. The first-order chi connectivity index (χ1) is 7.47. The van der Waals surface area contributed by atoms with E-state index in [-0.39, 0.29) is 6.61 Å². The number of sulfonamides is 1. The van der Waals surface area contributed by atoms with Crippen LogP contribution in [0.15, 0.2) is 23.4 Å². The lowest BCUT2D eigenvalue weighted by molar-refractivity contribution is 0.180. The third-order valence-corrected chi connectivity index (χ3v) is 3.27. The maximum atomic E-state index is 13.2. The molecule has 0 bridgehead atoms. The van der Waals surface area contributed by atoms with Crippen molar-refractivity contribution < 1.29 is 17.5 Å². The van der Waals surface area contributed by atoms with Crippen LogP contribution in [-0.2, 0) is 14.8 Å². The minimum absolute atomic E-state index is 0.202. The molecule has 1 atom stereocenters. The first-order valence-electron chi connectivity index (χ1n) is 4.59. The number of hydrogen-bond donors (Lipinski definition) is 1. The molecule has 1 heterocycles. The van der Waals surface area contributed by atoms with Gasteiger partial charge in [0.2, 0.25) is 5.03 Å². The van der Waals surface area contributed by atoms with Crippen LogP contribution in [-0.4, -0.2) is 33.2 Å². The van der Waals surface area contributed by atoms with Crippen molar-refractivity contribution in [1.29, 1.82) is 0 Å². The zero-order valence-corrected chi connectivity index (χ0v) is 9.79. The molecule has 1 aromatic heterocycles. The van der Waals surface area contributed by atoms with Crippen molar-refractivity contribution in [2.75, 3.05) is 13.7 Å². The minimum Gasteiger partial charge on any atom is -0.383 e. The van der Waals surface area contributed by atoms with Crippen molar-refractivity contribution in [1.82, 2.24) is 9.71 Å². The summed E-state index contributed by atoms with van der Waals surface area (Å²) in [5.74, 6) is -0.875. The average Bonchev–Trinajstić information content (AvgIpc) is 2.17. The molecule has 5 nitrogen and oxygen atoms in total. The standard InChI is InChI=1S/C9H13FN2O3S/c1-7(6-15-2)12-16(13,14)9-8(10)4-3-5-11-9/h3-5,7,12H,6H2,1-2H3. The van der Waals surface area contributed by atoms with Gasteiger partial charge in [-0.1, -0.05) is 0 Å². The van der Waals surface area contributed by atoms with Gasteiger partial charge >= 0.3 is 0 Å². The molecule has 0 aliphatic rings. The normalized spacial score (nSPS) is 13.7. The molecule has 7 heteroatoms. The fraction of sp³-hybridized carbons (Fsp3) is 0.444. The smallest absolute Gasteiger partial charge is 0.261 e. The summed E-state index contributed by atoms with van der Waals surface area (Å²) in [7, 11) is -2.48. The molecule has 0 radical (unpaired) electrons. The van der Waals surface area contributed by atoms with Gasteiger partial charge in [0.15, 0.2) is 5.82 Å². The maximum absolute atomic E-state index is 13.2. The number of methoxy groups -OCH3 is 1. The zero-order chi connectivity index (χ0) is 12.2. The number of rotatable bonds is 5. The monoisotopic (exact) mass is 248 g/mol. The van der Waals surface area contributed by atoms with E-state index in [0.717, 1.165) is 6.07 Å². The molecule has 0 saturated heterocycles. The second-order valence-corrected chi connectivity index (χ2v) is 4.90. The van der Waals surface area contributed by atoms with Crippen LogP contribution in [0.4, 0.5) is 4.39 Å². The predicted octanol–water partition coefficient (Wildman–Crippen LogP) is 0.534. The number of ether oxygens (including phenoxy) is 1. The number of nitrogens with zero attached hydrogens (tertiary/aromatic N) is 1. The van der Waals surface area contributed by atoms with Crippen molar-refractivity contribution in [2.24, 2.45) is 0 Å². The molecule has 1 aromatic rings. The van der Waals surface area contributed by atoms with Crippen molar-refractivity contribution in [3.8, 4) is 0 Å². The summed E-state index contributed by atoms with van der Waals surface area (Å²) in [4.78, 5) is 3.50. The predicted molar refractivity (Wildman–Crippen MR) is 55.9 cm³/mol. The van der Waals surface area contributed by atoms with Crippen LogP contribution >= 0.6 is 0 Å². The number of nitrogens with one attached hydrogen (secondary N) is 1. The van der Waals surface area contributed by atoms with Crippen molar-refractivity contribution in [3.63, 3.8) is 0 Å². The van der Waals surface area contributed by atoms with Gasteiger partial charge in [0, 0.05) is 19.3 Å². The molecular weight excluding hydrogens is 235 g/mol. The molecular formula is C9H13FN2O3S. The summed E-state index contributed by atoms with van der Waals surface area (Å²) in [6.07, 6.45) is 1.22. The Morgan fingerprint density at radius 2 is 2.31 bits per heavy atom. The van der Waals surface area contributed by atoms with E-state index < -0.39 is 26.9 Å². The van der Waals surface area contributed by atoms with Gasteiger partial charge < -0.3 is 4.74 Å². The van der Waals surface area contributed by atoms with Crippen molar-refractivity contribution >= 4 is 10.0 Å². The van der Waals surface area contributed by atoms with E-state index >= 15 is 0 Å². The topological polar surface area (TPSA) is 68.3 Å². The molecule has 0 saturated carbocycles.